The molecule has 4 heteroatoms. The van der Waals surface area contributed by atoms with E-state index in [1.54, 1.807) is 30.4 Å². The topological polar surface area (TPSA) is 39.2 Å². The van der Waals surface area contributed by atoms with Crippen molar-refractivity contribution in [3.05, 3.63) is 59.1 Å². The summed E-state index contributed by atoms with van der Waals surface area (Å²) in [5.74, 6) is 0.799. The number of ketones is 1. The predicted molar refractivity (Wildman–Crippen MR) is 85.1 cm³/mol. The number of para-hydroxylation sites is 1. The smallest absolute Gasteiger partial charge is 0.159 e. The number of fused-ring (bicyclic) bond motifs is 1. The molecule has 0 unspecified atom stereocenters. The SMILES string of the molecule is CC(=O)c1ccc(O[C@H](C)c2nc3ccccc3s2)cc1. The molecule has 0 N–H and O–H groups in total. The molecule has 1 heterocycles. The third kappa shape index (κ3) is 2.95. The zero-order valence-electron chi connectivity index (χ0n) is 11.9. The molecular formula is C17H15NO2S. The number of Topliss-reactive ketones (excluding diaryl/α,β-unsaturated/α-hetero) is 1. The van der Waals surface area contributed by atoms with Gasteiger partial charge >= 0.3 is 0 Å². The number of carbonyl (C=O) groups is 1. The van der Waals surface area contributed by atoms with E-state index in [1.807, 2.05) is 37.3 Å². The number of carbonyl (C=O) groups excluding carboxylic acids is 1. The normalized spacial score (nSPS) is 12.3. The van der Waals surface area contributed by atoms with Crippen LogP contribution in [0.15, 0.2) is 48.5 Å². The van der Waals surface area contributed by atoms with E-state index in [0.29, 0.717) is 5.56 Å². The van der Waals surface area contributed by atoms with E-state index in [4.69, 9.17) is 4.74 Å². The number of hydrogen-bond donors (Lipinski definition) is 0. The van der Waals surface area contributed by atoms with E-state index >= 15 is 0 Å². The maximum Gasteiger partial charge on any atom is 0.159 e. The van der Waals surface area contributed by atoms with Crippen molar-refractivity contribution >= 4 is 27.3 Å². The predicted octanol–water partition coefficient (Wildman–Crippen LogP) is 4.64. The number of ether oxygens (including phenoxy) is 1. The average molecular weight is 297 g/mol. The van der Waals surface area contributed by atoms with Gasteiger partial charge in [0.1, 0.15) is 16.9 Å². The molecule has 0 aliphatic carbocycles. The quantitative estimate of drug-likeness (QED) is 0.659. The molecule has 2 aromatic carbocycles. The Morgan fingerprint density at radius 2 is 1.86 bits per heavy atom. The highest BCUT2D eigenvalue weighted by Crippen LogP contribution is 2.29. The molecule has 3 nitrogen and oxygen atoms in total. The van der Waals surface area contributed by atoms with Crippen molar-refractivity contribution in [2.24, 2.45) is 0 Å². The van der Waals surface area contributed by atoms with E-state index in [1.165, 1.54) is 0 Å². The van der Waals surface area contributed by atoms with Gasteiger partial charge in [-0.25, -0.2) is 4.98 Å². The van der Waals surface area contributed by atoms with Crippen molar-refractivity contribution < 1.29 is 9.53 Å². The minimum absolute atomic E-state index is 0.0563. The molecule has 0 spiro atoms. The fraction of sp³-hybridized carbons (Fsp3) is 0.176. The summed E-state index contributed by atoms with van der Waals surface area (Å²) in [5, 5.41) is 0.951. The molecule has 1 atom stereocenters. The van der Waals surface area contributed by atoms with E-state index < -0.39 is 0 Å². The van der Waals surface area contributed by atoms with Gasteiger partial charge in [-0.3, -0.25) is 4.79 Å². The highest BCUT2D eigenvalue weighted by atomic mass is 32.1. The molecule has 3 aromatic rings. The standard InChI is InChI=1S/C17H15NO2S/c1-11(19)13-7-9-14(10-8-13)20-12(2)17-18-15-5-3-4-6-16(15)21-17/h3-10,12H,1-2H3/t12-/m1/s1. The third-order valence-electron chi connectivity index (χ3n) is 3.23. The Balaban J connectivity index is 1.78. The fourth-order valence-corrected chi connectivity index (χ4v) is 3.03. The number of benzene rings is 2. The summed E-state index contributed by atoms with van der Waals surface area (Å²) in [6.45, 7) is 3.54. The Bertz CT molecular complexity index is 744. The molecule has 0 bridgehead atoms. The molecule has 0 saturated carbocycles. The molecule has 0 aliphatic heterocycles. The second-order valence-electron chi connectivity index (χ2n) is 4.86. The van der Waals surface area contributed by atoms with Crippen LogP contribution < -0.4 is 4.74 Å². The van der Waals surface area contributed by atoms with Gasteiger partial charge in [0.2, 0.25) is 0 Å². The average Bonchev–Trinajstić information content (AvgIpc) is 2.92. The second-order valence-corrected chi connectivity index (χ2v) is 5.92. The first kappa shape index (κ1) is 13.8. The van der Waals surface area contributed by atoms with Gasteiger partial charge in [0, 0.05) is 5.56 Å². The summed E-state index contributed by atoms with van der Waals surface area (Å²) in [6, 6.07) is 15.3. The third-order valence-corrected chi connectivity index (χ3v) is 4.43. The zero-order valence-corrected chi connectivity index (χ0v) is 12.7. The van der Waals surface area contributed by atoms with Gasteiger partial charge < -0.3 is 4.74 Å². The van der Waals surface area contributed by atoms with E-state index in [2.05, 4.69) is 11.1 Å². The molecule has 0 aliphatic rings. The fourth-order valence-electron chi connectivity index (χ4n) is 2.09. The summed E-state index contributed by atoms with van der Waals surface area (Å²) < 4.78 is 7.06. The van der Waals surface area contributed by atoms with Crippen molar-refractivity contribution in [2.75, 3.05) is 0 Å². The Labute approximate surface area is 127 Å². The van der Waals surface area contributed by atoms with Crippen LogP contribution in [0, 0.1) is 0 Å². The summed E-state index contributed by atoms with van der Waals surface area (Å²) in [4.78, 5) is 15.8. The van der Waals surface area contributed by atoms with Crippen molar-refractivity contribution in [3.63, 3.8) is 0 Å². The van der Waals surface area contributed by atoms with Gasteiger partial charge in [-0.15, -0.1) is 11.3 Å². The van der Waals surface area contributed by atoms with Crippen LogP contribution in [0.4, 0.5) is 0 Å². The number of aromatic nitrogens is 1. The highest BCUT2D eigenvalue weighted by Gasteiger charge is 2.13. The molecule has 0 fully saturated rings. The minimum atomic E-state index is -0.120. The zero-order chi connectivity index (χ0) is 14.8. The lowest BCUT2D eigenvalue weighted by molar-refractivity contribution is 0.101. The summed E-state index contributed by atoms with van der Waals surface area (Å²) >= 11 is 1.64. The summed E-state index contributed by atoms with van der Waals surface area (Å²) in [7, 11) is 0. The lowest BCUT2D eigenvalue weighted by atomic mass is 10.1. The first-order valence-electron chi connectivity index (χ1n) is 6.76. The molecule has 106 valence electrons. The van der Waals surface area contributed by atoms with Crippen LogP contribution in [0.5, 0.6) is 5.75 Å². The molecule has 0 radical (unpaired) electrons. The first-order chi connectivity index (χ1) is 10.1. The molecule has 21 heavy (non-hydrogen) atoms. The van der Waals surface area contributed by atoms with E-state index in [-0.39, 0.29) is 11.9 Å². The Hall–Kier alpha value is -2.20. The molecule has 0 saturated heterocycles. The lowest BCUT2D eigenvalue weighted by Crippen LogP contribution is -2.02. The van der Waals surface area contributed by atoms with Crippen LogP contribution in [0.25, 0.3) is 10.2 Å². The largest absolute Gasteiger partial charge is 0.484 e. The number of thiazole rings is 1. The maximum atomic E-state index is 11.3. The van der Waals surface area contributed by atoms with Crippen LogP contribution in [-0.4, -0.2) is 10.8 Å². The Morgan fingerprint density at radius 1 is 1.14 bits per heavy atom. The number of hydrogen-bond acceptors (Lipinski definition) is 4. The highest BCUT2D eigenvalue weighted by molar-refractivity contribution is 7.18. The van der Waals surface area contributed by atoms with Crippen molar-refractivity contribution in [3.8, 4) is 5.75 Å². The van der Waals surface area contributed by atoms with Crippen LogP contribution in [0.2, 0.25) is 0 Å². The Morgan fingerprint density at radius 3 is 2.52 bits per heavy atom. The van der Waals surface area contributed by atoms with Gasteiger partial charge in [0.15, 0.2) is 5.78 Å². The van der Waals surface area contributed by atoms with Gasteiger partial charge in [0.25, 0.3) is 0 Å². The minimum Gasteiger partial charge on any atom is -0.484 e. The van der Waals surface area contributed by atoms with Crippen LogP contribution in [0.3, 0.4) is 0 Å². The molecule has 3 rings (SSSR count). The van der Waals surface area contributed by atoms with E-state index in [0.717, 1.165) is 21.0 Å². The van der Waals surface area contributed by atoms with Gasteiger partial charge in [0.05, 0.1) is 10.2 Å². The monoisotopic (exact) mass is 297 g/mol. The van der Waals surface area contributed by atoms with Gasteiger partial charge in [-0.05, 0) is 50.2 Å². The lowest BCUT2D eigenvalue weighted by Gasteiger charge is -2.12. The Kier molecular flexibility index (Phi) is 3.71. The van der Waals surface area contributed by atoms with Crippen LogP contribution in [-0.2, 0) is 0 Å². The maximum absolute atomic E-state index is 11.3. The van der Waals surface area contributed by atoms with Crippen molar-refractivity contribution in [1.82, 2.24) is 4.98 Å². The van der Waals surface area contributed by atoms with Gasteiger partial charge in [-0.2, -0.15) is 0 Å². The van der Waals surface area contributed by atoms with Crippen molar-refractivity contribution in [1.29, 1.82) is 0 Å². The summed E-state index contributed by atoms with van der Waals surface area (Å²) in [6.07, 6.45) is -0.120. The molecular weight excluding hydrogens is 282 g/mol. The number of rotatable bonds is 4. The first-order valence-corrected chi connectivity index (χ1v) is 7.58. The van der Waals surface area contributed by atoms with Crippen molar-refractivity contribution in [2.45, 2.75) is 20.0 Å². The summed E-state index contributed by atoms with van der Waals surface area (Å²) in [5.41, 5.74) is 1.69. The van der Waals surface area contributed by atoms with Crippen LogP contribution in [0.1, 0.15) is 35.3 Å². The molecule has 1 aromatic heterocycles. The second kappa shape index (κ2) is 5.66. The van der Waals surface area contributed by atoms with Crippen LogP contribution >= 0.6 is 11.3 Å². The molecule has 0 amide bonds. The van der Waals surface area contributed by atoms with Gasteiger partial charge in [-0.1, -0.05) is 12.1 Å². The number of nitrogens with zero attached hydrogens (tertiary/aromatic N) is 1. The van der Waals surface area contributed by atoms with E-state index in [9.17, 15) is 4.79 Å².